The number of ether oxygens (including phenoxy) is 1. The summed E-state index contributed by atoms with van der Waals surface area (Å²) >= 11 is 0. The van der Waals surface area contributed by atoms with E-state index in [0.29, 0.717) is 12.2 Å². The Hall–Kier alpha value is -0.0800. The molecule has 1 saturated carbocycles. The minimum absolute atomic E-state index is 0.598. The second-order valence-electron chi connectivity index (χ2n) is 4.98. The Morgan fingerprint density at radius 3 is 2.08 bits per heavy atom. The van der Waals surface area contributed by atoms with Gasteiger partial charge in [0, 0.05) is 12.1 Å². The fourth-order valence-corrected chi connectivity index (χ4v) is 2.95. The standard InChI is InChI=1S/C11H19NO/c1-12-8-2-3-9(12)7-11(6-8)13-10-4-5-10/h8-11H,2-7H2,1H3. The molecule has 3 rings (SSSR count). The van der Waals surface area contributed by atoms with Crippen LogP contribution in [0.1, 0.15) is 38.5 Å². The highest BCUT2D eigenvalue weighted by Crippen LogP contribution is 2.38. The highest BCUT2D eigenvalue weighted by Gasteiger charge is 2.40. The maximum atomic E-state index is 6.00. The molecule has 0 aromatic heterocycles. The lowest BCUT2D eigenvalue weighted by molar-refractivity contribution is -0.0212. The molecule has 13 heavy (non-hydrogen) atoms. The molecule has 0 amide bonds. The molecule has 2 bridgehead atoms. The van der Waals surface area contributed by atoms with Crippen molar-refractivity contribution in [3.05, 3.63) is 0 Å². The van der Waals surface area contributed by atoms with Crippen molar-refractivity contribution in [1.82, 2.24) is 4.90 Å². The summed E-state index contributed by atoms with van der Waals surface area (Å²) < 4.78 is 6.00. The van der Waals surface area contributed by atoms with Gasteiger partial charge in [-0.25, -0.2) is 0 Å². The van der Waals surface area contributed by atoms with Gasteiger partial charge in [-0.3, -0.25) is 0 Å². The molecule has 0 aromatic rings. The molecule has 0 N–H and O–H groups in total. The van der Waals surface area contributed by atoms with E-state index < -0.39 is 0 Å². The SMILES string of the molecule is CN1C2CCC1CC(OC1CC1)C2. The minimum atomic E-state index is 0.598. The van der Waals surface area contributed by atoms with Gasteiger partial charge in [0.05, 0.1) is 12.2 Å². The molecule has 2 saturated heterocycles. The average molecular weight is 181 g/mol. The quantitative estimate of drug-likeness (QED) is 0.644. The van der Waals surface area contributed by atoms with Crippen LogP contribution in [0.2, 0.25) is 0 Å². The Balaban J connectivity index is 1.61. The van der Waals surface area contributed by atoms with E-state index in [1.807, 2.05) is 0 Å². The zero-order chi connectivity index (χ0) is 8.84. The Labute approximate surface area is 80.2 Å². The molecule has 74 valence electrons. The molecule has 2 heteroatoms. The van der Waals surface area contributed by atoms with Crippen molar-refractivity contribution in [2.24, 2.45) is 0 Å². The molecule has 1 aliphatic carbocycles. The van der Waals surface area contributed by atoms with E-state index in [-0.39, 0.29) is 0 Å². The number of fused-ring (bicyclic) bond motifs is 2. The van der Waals surface area contributed by atoms with Gasteiger partial charge in [0.1, 0.15) is 0 Å². The third-order valence-electron chi connectivity index (χ3n) is 3.96. The summed E-state index contributed by atoms with van der Waals surface area (Å²) in [7, 11) is 2.29. The Morgan fingerprint density at radius 2 is 1.54 bits per heavy atom. The van der Waals surface area contributed by atoms with Gasteiger partial charge in [-0.15, -0.1) is 0 Å². The first kappa shape index (κ1) is 8.25. The maximum Gasteiger partial charge on any atom is 0.0608 e. The molecule has 2 atom stereocenters. The fourth-order valence-electron chi connectivity index (χ4n) is 2.95. The molecule has 0 aromatic carbocycles. The second-order valence-corrected chi connectivity index (χ2v) is 4.98. The molecule has 3 aliphatic rings. The predicted molar refractivity (Wildman–Crippen MR) is 51.7 cm³/mol. The zero-order valence-corrected chi connectivity index (χ0v) is 8.41. The summed E-state index contributed by atoms with van der Waals surface area (Å²) in [6.45, 7) is 0. The fraction of sp³-hybridized carbons (Fsp3) is 1.00. The molecule has 0 spiro atoms. The van der Waals surface area contributed by atoms with Crippen LogP contribution >= 0.6 is 0 Å². The lowest BCUT2D eigenvalue weighted by Crippen LogP contribution is -2.43. The summed E-state index contributed by atoms with van der Waals surface area (Å²) in [5.74, 6) is 0. The van der Waals surface area contributed by atoms with Gasteiger partial charge in [0.25, 0.3) is 0 Å². The monoisotopic (exact) mass is 181 g/mol. The van der Waals surface area contributed by atoms with Crippen molar-refractivity contribution in [3.63, 3.8) is 0 Å². The molecule has 2 unspecified atom stereocenters. The van der Waals surface area contributed by atoms with Gasteiger partial charge in [-0.05, 0) is 45.6 Å². The second kappa shape index (κ2) is 2.96. The van der Waals surface area contributed by atoms with Crippen molar-refractivity contribution in [1.29, 1.82) is 0 Å². The topological polar surface area (TPSA) is 12.5 Å². The third kappa shape index (κ3) is 1.50. The van der Waals surface area contributed by atoms with Crippen molar-refractivity contribution >= 4 is 0 Å². The first-order valence-electron chi connectivity index (χ1n) is 5.70. The van der Waals surface area contributed by atoms with Crippen LogP contribution in [-0.2, 0) is 4.74 Å². The average Bonchev–Trinajstić information content (AvgIpc) is 2.87. The number of nitrogens with zero attached hydrogens (tertiary/aromatic N) is 1. The third-order valence-corrected chi connectivity index (χ3v) is 3.96. The van der Waals surface area contributed by atoms with E-state index in [1.54, 1.807) is 0 Å². The highest BCUT2D eigenvalue weighted by atomic mass is 16.5. The van der Waals surface area contributed by atoms with E-state index in [4.69, 9.17) is 4.74 Å². The van der Waals surface area contributed by atoms with E-state index in [1.165, 1.54) is 38.5 Å². The molecule has 3 fully saturated rings. The first-order valence-corrected chi connectivity index (χ1v) is 5.70. The Bertz CT molecular complexity index is 188. The number of rotatable bonds is 2. The van der Waals surface area contributed by atoms with Gasteiger partial charge < -0.3 is 9.64 Å². The summed E-state index contributed by atoms with van der Waals surface area (Å²) in [5, 5.41) is 0. The van der Waals surface area contributed by atoms with Crippen LogP contribution in [-0.4, -0.2) is 36.2 Å². The molecular weight excluding hydrogens is 162 g/mol. The van der Waals surface area contributed by atoms with Crippen LogP contribution < -0.4 is 0 Å². The molecule has 2 aliphatic heterocycles. The normalized spacial score (nSPS) is 45.5. The van der Waals surface area contributed by atoms with E-state index >= 15 is 0 Å². The number of hydrogen-bond donors (Lipinski definition) is 0. The summed E-state index contributed by atoms with van der Waals surface area (Å²) in [6, 6.07) is 1.67. The maximum absolute atomic E-state index is 6.00. The van der Waals surface area contributed by atoms with Crippen LogP contribution in [0.15, 0.2) is 0 Å². The predicted octanol–water partition coefficient (Wildman–Crippen LogP) is 1.79. The molecule has 2 nitrogen and oxygen atoms in total. The van der Waals surface area contributed by atoms with Crippen LogP contribution in [0.3, 0.4) is 0 Å². The Kier molecular flexibility index (Phi) is 1.88. The lowest BCUT2D eigenvalue weighted by Gasteiger charge is -2.36. The largest absolute Gasteiger partial charge is 0.375 e. The van der Waals surface area contributed by atoms with Crippen LogP contribution in [0.4, 0.5) is 0 Å². The lowest BCUT2D eigenvalue weighted by atomic mass is 10.0. The first-order chi connectivity index (χ1) is 6.33. The van der Waals surface area contributed by atoms with Crippen LogP contribution in [0.5, 0.6) is 0 Å². The zero-order valence-electron chi connectivity index (χ0n) is 8.41. The number of piperidine rings is 1. The van der Waals surface area contributed by atoms with Crippen molar-refractivity contribution in [2.45, 2.75) is 62.8 Å². The highest BCUT2D eigenvalue weighted by molar-refractivity contribution is 4.94. The van der Waals surface area contributed by atoms with E-state index in [2.05, 4.69) is 11.9 Å². The van der Waals surface area contributed by atoms with Gasteiger partial charge in [0.15, 0.2) is 0 Å². The smallest absolute Gasteiger partial charge is 0.0608 e. The van der Waals surface area contributed by atoms with Gasteiger partial charge in [-0.2, -0.15) is 0 Å². The number of hydrogen-bond acceptors (Lipinski definition) is 2. The van der Waals surface area contributed by atoms with Crippen molar-refractivity contribution < 1.29 is 4.74 Å². The van der Waals surface area contributed by atoms with E-state index in [9.17, 15) is 0 Å². The van der Waals surface area contributed by atoms with Gasteiger partial charge in [0.2, 0.25) is 0 Å². The van der Waals surface area contributed by atoms with E-state index in [0.717, 1.165) is 12.1 Å². The van der Waals surface area contributed by atoms with Crippen molar-refractivity contribution in [3.8, 4) is 0 Å². The van der Waals surface area contributed by atoms with Gasteiger partial charge in [-0.1, -0.05) is 0 Å². The van der Waals surface area contributed by atoms with Crippen molar-refractivity contribution in [2.75, 3.05) is 7.05 Å². The summed E-state index contributed by atoms with van der Waals surface area (Å²) in [5.41, 5.74) is 0. The Morgan fingerprint density at radius 1 is 0.923 bits per heavy atom. The summed E-state index contributed by atoms with van der Waals surface area (Å²) in [6.07, 6.45) is 9.29. The molecule has 2 heterocycles. The minimum Gasteiger partial charge on any atom is -0.375 e. The molecular formula is C11H19NO. The van der Waals surface area contributed by atoms with Crippen LogP contribution in [0, 0.1) is 0 Å². The van der Waals surface area contributed by atoms with Gasteiger partial charge >= 0.3 is 0 Å². The van der Waals surface area contributed by atoms with Crippen LogP contribution in [0.25, 0.3) is 0 Å². The summed E-state index contributed by atoms with van der Waals surface area (Å²) in [4.78, 5) is 2.58. The molecule has 0 radical (unpaired) electrons.